The summed E-state index contributed by atoms with van der Waals surface area (Å²) in [5.74, 6) is 0.828. The SMILES string of the molecule is CC(Nc1nc2ccc(F)cn2n1)C1CCCNC1. The van der Waals surface area contributed by atoms with Crippen LogP contribution in [0.4, 0.5) is 10.3 Å². The Labute approximate surface area is 111 Å². The topological polar surface area (TPSA) is 54.2 Å². The molecule has 3 rings (SSSR count). The largest absolute Gasteiger partial charge is 0.350 e. The van der Waals surface area contributed by atoms with Gasteiger partial charge in [0.05, 0.1) is 6.20 Å². The molecule has 0 saturated carbocycles. The minimum Gasteiger partial charge on any atom is -0.350 e. The van der Waals surface area contributed by atoms with E-state index in [0.29, 0.717) is 23.6 Å². The number of aromatic nitrogens is 3. The Morgan fingerprint density at radius 2 is 2.42 bits per heavy atom. The molecular formula is C13H18FN5. The van der Waals surface area contributed by atoms with E-state index in [0.717, 1.165) is 13.1 Å². The van der Waals surface area contributed by atoms with Crippen LogP contribution in [0.3, 0.4) is 0 Å². The van der Waals surface area contributed by atoms with Gasteiger partial charge in [-0.05, 0) is 50.9 Å². The average Bonchev–Trinajstić information content (AvgIpc) is 2.81. The minimum absolute atomic E-state index is 0.301. The maximum atomic E-state index is 13.1. The highest BCUT2D eigenvalue weighted by molar-refractivity contribution is 5.43. The number of hydrogen-bond donors (Lipinski definition) is 2. The Morgan fingerprint density at radius 1 is 1.53 bits per heavy atom. The number of halogens is 1. The lowest BCUT2D eigenvalue weighted by Crippen LogP contribution is -2.39. The molecule has 19 heavy (non-hydrogen) atoms. The zero-order valence-electron chi connectivity index (χ0n) is 10.9. The summed E-state index contributed by atoms with van der Waals surface area (Å²) in [6.07, 6.45) is 3.75. The standard InChI is InChI=1S/C13H18FN5/c1-9(10-3-2-6-15-7-10)16-13-17-12-5-4-11(14)8-19(12)18-13/h4-5,8-10,15H,2-3,6-7H2,1H3,(H,16,18). The van der Waals surface area contributed by atoms with Crippen LogP contribution in [-0.4, -0.2) is 33.7 Å². The summed E-state index contributed by atoms with van der Waals surface area (Å²) in [7, 11) is 0. The summed E-state index contributed by atoms with van der Waals surface area (Å²) in [5, 5.41) is 11.0. The fourth-order valence-corrected chi connectivity index (χ4v) is 2.55. The Balaban J connectivity index is 1.73. The van der Waals surface area contributed by atoms with Gasteiger partial charge in [0.25, 0.3) is 0 Å². The quantitative estimate of drug-likeness (QED) is 0.884. The molecular weight excluding hydrogens is 245 g/mol. The molecule has 2 unspecified atom stereocenters. The van der Waals surface area contributed by atoms with Gasteiger partial charge in [0, 0.05) is 6.04 Å². The van der Waals surface area contributed by atoms with Crippen molar-refractivity contribution >= 4 is 11.6 Å². The van der Waals surface area contributed by atoms with Crippen LogP contribution in [-0.2, 0) is 0 Å². The first-order chi connectivity index (χ1) is 9.22. The first kappa shape index (κ1) is 12.3. The number of rotatable bonds is 3. The number of anilines is 1. The van der Waals surface area contributed by atoms with E-state index >= 15 is 0 Å². The van der Waals surface area contributed by atoms with Crippen LogP contribution in [0.1, 0.15) is 19.8 Å². The van der Waals surface area contributed by atoms with Crippen LogP contribution in [0.25, 0.3) is 5.65 Å². The molecule has 2 aromatic heterocycles. The molecule has 0 aromatic carbocycles. The highest BCUT2D eigenvalue weighted by atomic mass is 19.1. The molecule has 1 saturated heterocycles. The third-order valence-corrected chi connectivity index (χ3v) is 3.69. The number of piperidine rings is 1. The van der Waals surface area contributed by atoms with Crippen LogP contribution in [0.5, 0.6) is 0 Å². The van der Waals surface area contributed by atoms with Crippen molar-refractivity contribution in [2.24, 2.45) is 5.92 Å². The number of pyridine rings is 1. The van der Waals surface area contributed by atoms with Gasteiger partial charge in [0.15, 0.2) is 5.65 Å². The summed E-state index contributed by atoms with van der Waals surface area (Å²) in [4.78, 5) is 4.34. The van der Waals surface area contributed by atoms with Gasteiger partial charge in [-0.2, -0.15) is 4.98 Å². The van der Waals surface area contributed by atoms with Crippen molar-refractivity contribution in [3.05, 3.63) is 24.1 Å². The fourth-order valence-electron chi connectivity index (χ4n) is 2.55. The first-order valence-corrected chi connectivity index (χ1v) is 6.71. The zero-order chi connectivity index (χ0) is 13.2. The van der Waals surface area contributed by atoms with Crippen molar-refractivity contribution in [1.82, 2.24) is 19.9 Å². The van der Waals surface area contributed by atoms with Crippen molar-refractivity contribution in [2.75, 3.05) is 18.4 Å². The fraction of sp³-hybridized carbons (Fsp3) is 0.538. The molecule has 5 nitrogen and oxygen atoms in total. The third-order valence-electron chi connectivity index (χ3n) is 3.69. The van der Waals surface area contributed by atoms with Gasteiger partial charge in [-0.25, -0.2) is 8.91 Å². The summed E-state index contributed by atoms with van der Waals surface area (Å²) in [6.45, 7) is 4.27. The van der Waals surface area contributed by atoms with Crippen molar-refractivity contribution < 1.29 is 4.39 Å². The lowest BCUT2D eigenvalue weighted by Gasteiger charge is -2.28. The molecule has 1 aliphatic rings. The van der Waals surface area contributed by atoms with Crippen molar-refractivity contribution in [1.29, 1.82) is 0 Å². The lowest BCUT2D eigenvalue weighted by molar-refractivity contribution is 0.346. The molecule has 0 radical (unpaired) electrons. The highest BCUT2D eigenvalue weighted by Crippen LogP contribution is 2.17. The van der Waals surface area contributed by atoms with Gasteiger partial charge in [-0.15, -0.1) is 5.10 Å². The first-order valence-electron chi connectivity index (χ1n) is 6.71. The molecule has 0 bridgehead atoms. The molecule has 6 heteroatoms. The van der Waals surface area contributed by atoms with Crippen LogP contribution in [0.15, 0.2) is 18.3 Å². The van der Waals surface area contributed by atoms with Crippen molar-refractivity contribution in [3.63, 3.8) is 0 Å². The van der Waals surface area contributed by atoms with Gasteiger partial charge in [0.2, 0.25) is 5.95 Å². The molecule has 3 heterocycles. The predicted molar refractivity (Wildman–Crippen MR) is 71.6 cm³/mol. The van der Waals surface area contributed by atoms with Crippen LogP contribution >= 0.6 is 0 Å². The zero-order valence-corrected chi connectivity index (χ0v) is 10.9. The van der Waals surface area contributed by atoms with Crippen molar-refractivity contribution in [3.8, 4) is 0 Å². The molecule has 0 amide bonds. The van der Waals surface area contributed by atoms with Gasteiger partial charge < -0.3 is 10.6 Å². The Hall–Kier alpha value is -1.69. The third kappa shape index (κ3) is 2.68. The summed E-state index contributed by atoms with van der Waals surface area (Å²) >= 11 is 0. The van der Waals surface area contributed by atoms with Gasteiger partial charge in [-0.3, -0.25) is 0 Å². The Kier molecular flexibility index (Phi) is 3.33. The molecule has 2 aromatic rings. The summed E-state index contributed by atoms with van der Waals surface area (Å²) < 4.78 is 14.5. The second-order valence-corrected chi connectivity index (χ2v) is 5.12. The van der Waals surface area contributed by atoms with E-state index < -0.39 is 0 Å². The average molecular weight is 263 g/mol. The van der Waals surface area contributed by atoms with E-state index in [1.54, 1.807) is 6.07 Å². The van der Waals surface area contributed by atoms with E-state index in [1.807, 2.05) is 0 Å². The maximum absolute atomic E-state index is 13.1. The van der Waals surface area contributed by atoms with Crippen LogP contribution in [0.2, 0.25) is 0 Å². The number of nitrogens with zero attached hydrogens (tertiary/aromatic N) is 3. The van der Waals surface area contributed by atoms with Crippen molar-refractivity contribution in [2.45, 2.75) is 25.8 Å². The lowest BCUT2D eigenvalue weighted by atomic mass is 9.93. The maximum Gasteiger partial charge on any atom is 0.243 e. The van der Waals surface area contributed by atoms with Crippen LogP contribution < -0.4 is 10.6 Å². The molecule has 1 aliphatic heterocycles. The Morgan fingerprint density at radius 3 is 3.21 bits per heavy atom. The van der Waals surface area contributed by atoms with Gasteiger partial charge in [-0.1, -0.05) is 0 Å². The summed E-state index contributed by atoms with van der Waals surface area (Å²) in [6, 6.07) is 3.32. The van der Waals surface area contributed by atoms with Gasteiger partial charge >= 0.3 is 0 Å². The molecule has 102 valence electrons. The number of fused-ring (bicyclic) bond motifs is 1. The van der Waals surface area contributed by atoms with Gasteiger partial charge in [0.1, 0.15) is 5.82 Å². The molecule has 0 aliphatic carbocycles. The smallest absolute Gasteiger partial charge is 0.243 e. The molecule has 2 atom stereocenters. The second kappa shape index (κ2) is 5.13. The van der Waals surface area contributed by atoms with E-state index in [4.69, 9.17) is 0 Å². The predicted octanol–water partition coefficient (Wildman–Crippen LogP) is 1.67. The van der Waals surface area contributed by atoms with E-state index in [9.17, 15) is 4.39 Å². The van der Waals surface area contributed by atoms with E-state index in [-0.39, 0.29) is 5.82 Å². The van der Waals surface area contributed by atoms with E-state index in [1.165, 1.54) is 29.6 Å². The molecule has 1 fully saturated rings. The Bertz CT molecular complexity index is 561. The second-order valence-electron chi connectivity index (χ2n) is 5.12. The number of hydrogen-bond acceptors (Lipinski definition) is 4. The van der Waals surface area contributed by atoms with E-state index in [2.05, 4.69) is 27.6 Å². The molecule has 0 spiro atoms. The number of nitrogens with one attached hydrogen (secondary N) is 2. The highest BCUT2D eigenvalue weighted by Gasteiger charge is 2.20. The molecule has 2 N–H and O–H groups in total. The normalized spacial score (nSPS) is 21.5. The minimum atomic E-state index is -0.312. The monoisotopic (exact) mass is 263 g/mol. The van der Waals surface area contributed by atoms with Crippen LogP contribution in [0, 0.1) is 11.7 Å². The summed E-state index contributed by atoms with van der Waals surface area (Å²) in [5.41, 5.74) is 0.651.